The number of benzene rings is 3. The molecule has 0 spiro atoms. The summed E-state index contributed by atoms with van der Waals surface area (Å²) in [5, 5.41) is 0. The lowest BCUT2D eigenvalue weighted by Gasteiger charge is -2.11. The highest BCUT2D eigenvalue weighted by atomic mass is 19.2. The normalized spacial score (nSPS) is 10.9. The van der Waals surface area contributed by atoms with Gasteiger partial charge in [0.25, 0.3) is 0 Å². The maximum absolute atomic E-state index is 14.8. The second kappa shape index (κ2) is 13.0. The number of unbranched alkanes of at least 4 members (excludes halogenated alkanes) is 6. The molecule has 0 N–H and O–H groups in total. The smallest absolute Gasteiger partial charge is 0.201 e. The molecular formula is C29H34F2O2. The van der Waals surface area contributed by atoms with E-state index in [1.165, 1.54) is 31.7 Å². The molecule has 2 nitrogen and oxygen atoms in total. The maximum atomic E-state index is 14.8. The lowest BCUT2D eigenvalue weighted by Crippen LogP contribution is -2.01. The molecule has 0 unspecified atom stereocenters. The Hall–Kier alpha value is -2.88. The molecule has 3 rings (SSSR count). The summed E-state index contributed by atoms with van der Waals surface area (Å²) in [6, 6.07) is 18.4. The van der Waals surface area contributed by atoms with Gasteiger partial charge in [-0.25, -0.2) is 4.39 Å². The van der Waals surface area contributed by atoms with E-state index >= 15 is 0 Å². The molecule has 176 valence electrons. The van der Waals surface area contributed by atoms with E-state index in [4.69, 9.17) is 9.47 Å². The van der Waals surface area contributed by atoms with Crippen molar-refractivity contribution in [3.8, 4) is 33.8 Å². The molecule has 0 bridgehead atoms. The minimum Gasteiger partial charge on any atom is -0.494 e. The number of halogens is 2. The predicted octanol–water partition coefficient (Wildman–Crippen LogP) is 8.83. The Morgan fingerprint density at radius 2 is 1.15 bits per heavy atom. The van der Waals surface area contributed by atoms with Crippen molar-refractivity contribution in [3.63, 3.8) is 0 Å². The molecule has 0 heterocycles. The van der Waals surface area contributed by atoms with Crippen LogP contribution in [0, 0.1) is 11.6 Å². The first-order valence-electron chi connectivity index (χ1n) is 12.1. The molecule has 0 saturated heterocycles. The van der Waals surface area contributed by atoms with Gasteiger partial charge in [-0.05, 0) is 54.3 Å². The van der Waals surface area contributed by atoms with Crippen LogP contribution in [0.25, 0.3) is 22.3 Å². The average molecular weight is 453 g/mol. The van der Waals surface area contributed by atoms with Gasteiger partial charge in [-0.3, -0.25) is 0 Å². The van der Waals surface area contributed by atoms with Crippen molar-refractivity contribution in [2.45, 2.75) is 58.8 Å². The van der Waals surface area contributed by atoms with Gasteiger partial charge in [-0.1, -0.05) is 81.8 Å². The van der Waals surface area contributed by atoms with E-state index in [1.54, 1.807) is 6.07 Å². The zero-order valence-electron chi connectivity index (χ0n) is 19.7. The van der Waals surface area contributed by atoms with Crippen LogP contribution in [0.5, 0.6) is 11.5 Å². The van der Waals surface area contributed by atoms with Crippen LogP contribution in [0.3, 0.4) is 0 Å². The first-order chi connectivity index (χ1) is 16.1. The molecule has 0 saturated carbocycles. The van der Waals surface area contributed by atoms with E-state index in [2.05, 4.69) is 6.92 Å². The standard InChI is InChI=1S/C29H34F2O2/c1-3-5-6-7-8-9-10-21-33-27-20-19-26(28(30)29(27)31)24-13-11-22(12-14-24)23-15-17-25(18-16-23)32-4-2/h11-20H,3-10,21H2,1-2H3. The largest absolute Gasteiger partial charge is 0.494 e. The van der Waals surface area contributed by atoms with Gasteiger partial charge in [0.05, 0.1) is 13.2 Å². The van der Waals surface area contributed by atoms with E-state index < -0.39 is 11.6 Å². The minimum absolute atomic E-state index is 0.0201. The quantitative estimate of drug-likeness (QED) is 0.241. The van der Waals surface area contributed by atoms with Crippen molar-refractivity contribution in [2.24, 2.45) is 0 Å². The first kappa shape index (κ1) is 24.8. The molecule has 0 atom stereocenters. The summed E-state index contributed by atoms with van der Waals surface area (Å²) in [7, 11) is 0. The highest BCUT2D eigenvalue weighted by molar-refractivity contribution is 5.71. The molecule has 4 heteroatoms. The van der Waals surface area contributed by atoms with Gasteiger partial charge in [0, 0.05) is 5.56 Å². The highest BCUT2D eigenvalue weighted by Crippen LogP contribution is 2.32. The molecule has 3 aromatic carbocycles. The summed E-state index contributed by atoms with van der Waals surface area (Å²) in [6.07, 6.45) is 8.05. The predicted molar refractivity (Wildman–Crippen MR) is 132 cm³/mol. The monoisotopic (exact) mass is 452 g/mol. The molecule has 0 aliphatic rings. The van der Waals surface area contributed by atoms with Crippen LogP contribution in [-0.4, -0.2) is 13.2 Å². The van der Waals surface area contributed by atoms with Gasteiger partial charge < -0.3 is 9.47 Å². The van der Waals surface area contributed by atoms with Crippen LogP contribution in [0.1, 0.15) is 58.8 Å². The van der Waals surface area contributed by atoms with Gasteiger partial charge in [-0.2, -0.15) is 4.39 Å². The Kier molecular flexibility index (Phi) is 9.74. The second-order valence-electron chi connectivity index (χ2n) is 8.24. The Morgan fingerprint density at radius 3 is 1.79 bits per heavy atom. The summed E-state index contributed by atoms with van der Waals surface area (Å²) in [6.45, 7) is 5.17. The summed E-state index contributed by atoms with van der Waals surface area (Å²) in [5.74, 6) is -0.996. The van der Waals surface area contributed by atoms with Gasteiger partial charge in [0.2, 0.25) is 5.82 Å². The number of hydrogen-bond acceptors (Lipinski definition) is 2. The lowest BCUT2D eigenvalue weighted by atomic mass is 9.99. The molecule has 0 aliphatic heterocycles. The van der Waals surface area contributed by atoms with E-state index in [0.717, 1.165) is 36.1 Å². The maximum Gasteiger partial charge on any atom is 0.201 e. The van der Waals surface area contributed by atoms with Gasteiger partial charge in [0.1, 0.15) is 5.75 Å². The van der Waals surface area contributed by atoms with E-state index in [1.807, 2.05) is 55.5 Å². The molecule has 33 heavy (non-hydrogen) atoms. The molecule has 0 amide bonds. The zero-order chi connectivity index (χ0) is 23.5. The van der Waals surface area contributed by atoms with E-state index in [0.29, 0.717) is 18.8 Å². The van der Waals surface area contributed by atoms with Gasteiger partial charge in [-0.15, -0.1) is 0 Å². The van der Waals surface area contributed by atoms with Crippen molar-refractivity contribution in [1.82, 2.24) is 0 Å². The van der Waals surface area contributed by atoms with E-state index in [9.17, 15) is 8.78 Å². The van der Waals surface area contributed by atoms with Crippen LogP contribution >= 0.6 is 0 Å². The molecular weight excluding hydrogens is 418 g/mol. The van der Waals surface area contributed by atoms with Crippen molar-refractivity contribution < 1.29 is 18.3 Å². The van der Waals surface area contributed by atoms with Crippen molar-refractivity contribution in [2.75, 3.05) is 13.2 Å². The van der Waals surface area contributed by atoms with E-state index in [-0.39, 0.29) is 11.3 Å². The third-order valence-corrected chi connectivity index (χ3v) is 5.75. The first-order valence-corrected chi connectivity index (χ1v) is 12.1. The topological polar surface area (TPSA) is 18.5 Å². The summed E-state index contributed by atoms with van der Waals surface area (Å²) in [5.41, 5.74) is 2.89. The van der Waals surface area contributed by atoms with Crippen molar-refractivity contribution in [1.29, 1.82) is 0 Å². The number of ether oxygens (including phenoxy) is 2. The lowest BCUT2D eigenvalue weighted by molar-refractivity contribution is 0.285. The highest BCUT2D eigenvalue weighted by Gasteiger charge is 2.16. The molecule has 0 radical (unpaired) electrons. The fourth-order valence-corrected chi connectivity index (χ4v) is 3.86. The minimum atomic E-state index is -0.925. The summed E-state index contributed by atoms with van der Waals surface area (Å²) >= 11 is 0. The van der Waals surface area contributed by atoms with Gasteiger partial charge in [0.15, 0.2) is 11.6 Å². The summed E-state index contributed by atoms with van der Waals surface area (Å²) < 4.78 is 40.4. The van der Waals surface area contributed by atoms with Crippen LogP contribution in [0.4, 0.5) is 8.78 Å². The van der Waals surface area contributed by atoms with Crippen LogP contribution in [-0.2, 0) is 0 Å². The Morgan fingerprint density at radius 1 is 0.576 bits per heavy atom. The fraction of sp³-hybridized carbons (Fsp3) is 0.379. The Balaban J connectivity index is 1.59. The zero-order valence-corrected chi connectivity index (χ0v) is 19.7. The number of rotatable bonds is 13. The third kappa shape index (κ3) is 7.05. The fourth-order valence-electron chi connectivity index (χ4n) is 3.86. The Labute approximate surface area is 196 Å². The number of hydrogen-bond donors (Lipinski definition) is 0. The second-order valence-corrected chi connectivity index (χ2v) is 8.24. The van der Waals surface area contributed by atoms with Crippen LogP contribution < -0.4 is 9.47 Å². The van der Waals surface area contributed by atoms with Crippen molar-refractivity contribution >= 4 is 0 Å². The third-order valence-electron chi connectivity index (χ3n) is 5.75. The average Bonchev–Trinajstić information content (AvgIpc) is 2.84. The summed E-state index contributed by atoms with van der Waals surface area (Å²) in [4.78, 5) is 0. The van der Waals surface area contributed by atoms with Gasteiger partial charge >= 0.3 is 0 Å². The van der Waals surface area contributed by atoms with Crippen molar-refractivity contribution in [3.05, 3.63) is 72.3 Å². The molecule has 0 aromatic heterocycles. The Bertz CT molecular complexity index is 982. The van der Waals surface area contributed by atoms with Crippen LogP contribution in [0.2, 0.25) is 0 Å². The SMILES string of the molecule is CCCCCCCCCOc1ccc(-c2ccc(-c3ccc(OCC)cc3)cc2)c(F)c1F. The molecule has 3 aromatic rings. The molecule has 0 fully saturated rings. The van der Waals surface area contributed by atoms with Crippen LogP contribution in [0.15, 0.2) is 60.7 Å². The molecule has 0 aliphatic carbocycles.